The first-order valence-electron chi connectivity index (χ1n) is 3.79. The molecule has 0 unspecified atom stereocenters. The highest BCUT2D eigenvalue weighted by Gasteiger charge is 2.04. The van der Waals surface area contributed by atoms with Gasteiger partial charge < -0.3 is 10.2 Å². The van der Waals surface area contributed by atoms with Gasteiger partial charge in [0, 0.05) is 5.69 Å². The SMILES string of the molecule is [C-]#[N+]CC(=O)Nc1cccc(C)n1. The molecule has 1 aromatic rings. The van der Waals surface area contributed by atoms with Crippen LogP contribution in [-0.4, -0.2) is 17.4 Å². The lowest BCUT2D eigenvalue weighted by Crippen LogP contribution is -2.14. The summed E-state index contributed by atoms with van der Waals surface area (Å²) in [7, 11) is 0. The molecule has 0 fully saturated rings. The van der Waals surface area contributed by atoms with Crippen LogP contribution in [0.2, 0.25) is 0 Å². The molecule has 1 amide bonds. The lowest BCUT2D eigenvalue weighted by Gasteiger charge is -2.00. The second-order valence-corrected chi connectivity index (χ2v) is 2.53. The van der Waals surface area contributed by atoms with Gasteiger partial charge in [0.15, 0.2) is 0 Å². The summed E-state index contributed by atoms with van der Waals surface area (Å²) in [6, 6.07) is 5.33. The molecule has 4 nitrogen and oxygen atoms in total. The number of amides is 1. The minimum Gasteiger partial charge on any atom is -0.306 e. The van der Waals surface area contributed by atoms with E-state index in [9.17, 15) is 4.79 Å². The third-order valence-corrected chi connectivity index (χ3v) is 1.38. The van der Waals surface area contributed by atoms with Crippen molar-refractivity contribution in [2.45, 2.75) is 6.92 Å². The van der Waals surface area contributed by atoms with Gasteiger partial charge in [-0.15, -0.1) is 0 Å². The van der Waals surface area contributed by atoms with Crippen molar-refractivity contribution in [2.75, 3.05) is 11.9 Å². The number of aryl methyl sites for hydroxylation is 1. The van der Waals surface area contributed by atoms with Crippen molar-refractivity contribution < 1.29 is 4.79 Å². The number of aromatic nitrogens is 1. The molecule has 0 bridgehead atoms. The average Bonchev–Trinajstić information content (AvgIpc) is 2.04. The third-order valence-electron chi connectivity index (χ3n) is 1.38. The zero-order valence-corrected chi connectivity index (χ0v) is 7.24. The van der Waals surface area contributed by atoms with Crippen molar-refractivity contribution in [3.05, 3.63) is 35.3 Å². The summed E-state index contributed by atoms with van der Waals surface area (Å²) in [6.45, 7) is 8.17. The number of nitrogens with one attached hydrogen (secondary N) is 1. The van der Waals surface area contributed by atoms with Crippen LogP contribution >= 0.6 is 0 Å². The van der Waals surface area contributed by atoms with E-state index >= 15 is 0 Å². The predicted octanol–water partition coefficient (Wildman–Crippen LogP) is 1.25. The van der Waals surface area contributed by atoms with Crippen molar-refractivity contribution >= 4 is 11.7 Å². The van der Waals surface area contributed by atoms with Gasteiger partial charge in [0.2, 0.25) is 0 Å². The Morgan fingerprint density at radius 3 is 3.08 bits per heavy atom. The molecule has 4 heteroatoms. The maximum atomic E-state index is 11.0. The maximum absolute atomic E-state index is 11.0. The summed E-state index contributed by atoms with van der Waals surface area (Å²) < 4.78 is 0. The molecule has 0 radical (unpaired) electrons. The van der Waals surface area contributed by atoms with Gasteiger partial charge in [-0.1, -0.05) is 6.07 Å². The fourth-order valence-electron chi connectivity index (χ4n) is 0.867. The van der Waals surface area contributed by atoms with Gasteiger partial charge in [-0.05, 0) is 19.1 Å². The minimum absolute atomic E-state index is 0.157. The Hall–Kier alpha value is -1.89. The van der Waals surface area contributed by atoms with E-state index in [1.54, 1.807) is 12.1 Å². The molecule has 0 saturated heterocycles. The molecule has 1 N–H and O–H groups in total. The number of nitrogens with zero attached hydrogens (tertiary/aromatic N) is 2. The molecule has 0 spiro atoms. The largest absolute Gasteiger partial charge is 0.306 e. The van der Waals surface area contributed by atoms with E-state index in [1.807, 2.05) is 13.0 Å². The predicted molar refractivity (Wildman–Crippen MR) is 49.1 cm³/mol. The number of rotatable bonds is 2. The normalized spacial score (nSPS) is 8.92. The van der Waals surface area contributed by atoms with Crippen LogP contribution in [-0.2, 0) is 4.79 Å². The van der Waals surface area contributed by atoms with E-state index in [2.05, 4.69) is 15.1 Å². The molecule has 0 atom stereocenters. The Balaban J connectivity index is 2.65. The topological polar surface area (TPSA) is 46.4 Å². The minimum atomic E-state index is -0.326. The van der Waals surface area contributed by atoms with E-state index < -0.39 is 0 Å². The Kier molecular flexibility index (Phi) is 2.98. The maximum Gasteiger partial charge on any atom is 0.305 e. The summed E-state index contributed by atoms with van der Waals surface area (Å²) in [4.78, 5) is 18.0. The van der Waals surface area contributed by atoms with Gasteiger partial charge in [-0.3, -0.25) is 4.79 Å². The van der Waals surface area contributed by atoms with Crippen LogP contribution in [0.4, 0.5) is 5.82 Å². The summed E-state index contributed by atoms with van der Waals surface area (Å²) in [5.41, 5.74) is 0.834. The fourth-order valence-corrected chi connectivity index (χ4v) is 0.867. The molecule has 0 aliphatic carbocycles. The Morgan fingerprint density at radius 1 is 1.69 bits per heavy atom. The van der Waals surface area contributed by atoms with E-state index in [1.165, 1.54) is 0 Å². The average molecular weight is 175 g/mol. The van der Waals surface area contributed by atoms with Crippen molar-refractivity contribution in [2.24, 2.45) is 0 Å². The van der Waals surface area contributed by atoms with Crippen LogP contribution in [0.25, 0.3) is 4.85 Å². The smallest absolute Gasteiger partial charge is 0.305 e. The molecule has 13 heavy (non-hydrogen) atoms. The van der Waals surface area contributed by atoms with Gasteiger partial charge in [0.1, 0.15) is 5.82 Å². The monoisotopic (exact) mass is 175 g/mol. The molecule has 1 rings (SSSR count). The fraction of sp³-hybridized carbons (Fsp3) is 0.222. The standard InChI is InChI=1S/C9H9N3O/c1-7-4-3-5-8(11-7)12-9(13)6-10-2/h3-5H,6H2,1H3,(H,11,12,13). The van der Waals surface area contributed by atoms with Crippen molar-refractivity contribution in [1.29, 1.82) is 0 Å². The highest BCUT2D eigenvalue weighted by Crippen LogP contribution is 2.03. The van der Waals surface area contributed by atoms with Crippen LogP contribution < -0.4 is 5.32 Å². The number of carbonyl (C=O) groups is 1. The van der Waals surface area contributed by atoms with Gasteiger partial charge in [-0.25, -0.2) is 11.6 Å². The van der Waals surface area contributed by atoms with Gasteiger partial charge >= 0.3 is 5.91 Å². The molecular formula is C9H9N3O. The Bertz CT molecular complexity index is 354. The summed E-state index contributed by atoms with van der Waals surface area (Å²) in [6.07, 6.45) is 0. The van der Waals surface area contributed by atoms with Crippen LogP contribution in [0.3, 0.4) is 0 Å². The van der Waals surface area contributed by atoms with Crippen LogP contribution in [0.5, 0.6) is 0 Å². The zero-order valence-electron chi connectivity index (χ0n) is 7.24. The number of carbonyl (C=O) groups excluding carboxylic acids is 1. The summed E-state index contributed by atoms with van der Waals surface area (Å²) in [5.74, 6) is 0.168. The van der Waals surface area contributed by atoms with E-state index in [0.717, 1.165) is 5.69 Å². The van der Waals surface area contributed by atoms with E-state index in [4.69, 9.17) is 6.57 Å². The number of hydrogen-bond acceptors (Lipinski definition) is 2. The second kappa shape index (κ2) is 4.21. The van der Waals surface area contributed by atoms with E-state index in [0.29, 0.717) is 5.82 Å². The third kappa shape index (κ3) is 2.91. The molecular weight excluding hydrogens is 166 g/mol. The number of anilines is 1. The first kappa shape index (κ1) is 9.20. The molecule has 0 saturated carbocycles. The summed E-state index contributed by atoms with van der Waals surface area (Å²) >= 11 is 0. The number of pyridine rings is 1. The molecule has 0 aliphatic rings. The van der Waals surface area contributed by atoms with Crippen LogP contribution in [0.15, 0.2) is 18.2 Å². The molecule has 1 heterocycles. The van der Waals surface area contributed by atoms with Crippen molar-refractivity contribution in [3.8, 4) is 0 Å². The molecule has 66 valence electrons. The number of hydrogen-bond donors (Lipinski definition) is 1. The Labute approximate surface area is 76.4 Å². The van der Waals surface area contributed by atoms with Crippen LogP contribution in [0.1, 0.15) is 5.69 Å². The molecule has 0 aromatic carbocycles. The first-order valence-corrected chi connectivity index (χ1v) is 3.79. The highest BCUT2D eigenvalue weighted by atomic mass is 16.1. The molecule has 0 aliphatic heterocycles. The van der Waals surface area contributed by atoms with Crippen molar-refractivity contribution in [1.82, 2.24) is 4.98 Å². The second-order valence-electron chi connectivity index (χ2n) is 2.53. The first-order chi connectivity index (χ1) is 6.22. The van der Waals surface area contributed by atoms with Gasteiger partial charge in [0.05, 0.1) is 0 Å². The van der Waals surface area contributed by atoms with Crippen molar-refractivity contribution in [3.63, 3.8) is 0 Å². The summed E-state index contributed by atoms with van der Waals surface area (Å²) in [5, 5.41) is 2.52. The van der Waals surface area contributed by atoms with Gasteiger partial charge in [0.25, 0.3) is 6.54 Å². The van der Waals surface area contributed by atoms with E-state index in [-0.39, 0.29) is 12.5 Å². The van der Waals surface area contributed by atoms with Gasteiger partial charge in [-0.2, -0.15) is 0 Å². The lowest BCUT2D eigenvalue weighted by molar-refractivity contribution is -0.114. The Morgan fingerprint density at radius 2 is 2.46 bits per heavy atom. The molecule has 1 aromatic heterocycles. The zero-order chi connectivity index (χ0) is 9.68. The quantitative estimate of drug-likeness (QED) is 0.687. The lowest BCUT2D eigenvalue weighted by atomic mass is 10.4. The highest BCUT2D eigenvalue weighted by molar-refractivity contribution is 5.92. The van der Waals surface area contributed by atoms with Crippen LogP contribution in [0, 0.1) is 13.5 Å².